The molecular formula is C18H20INO2S. The van der Waals surface area contributed by atoms with Crippen LogP contribution >= 0.6 is 30.1 Å². The van der Waals surface area contributed by atoms with Crippen LogP contribution in [0.15, 0.2) is 24.3 Å². The van der Waals surface area contributed by atoms with Gasteiger partial charge in [0.2, 0.25) is 0 Å². The van der Waals surface area contributed by atoms with E-state index in [1.807, 2.05) is 12.1 Å². The number of ketones is 2. The Balaban J connectivity index is 1.87. The topological polar surface area (TPSA) is 37.4 Å². The minimum atomic E-state index is -0.436. The van der Waals surface area contributed by atoms with Crippen molar-refractivity contribution < 1.29 is 9.59 Å². The van der Waals surface area contributed by atoms with Crippen LogP contribution in [-0.4, -0.2) is 33.3 Å². The van der Waals surface area contributed by atoms with Crippen molar-refractivity contribution in [2.24, 2.45) is 5.92 Å². The number of rotatable bonds is 2. The van der Waals surface area contributed by atoms with Gasteiger partial charge in [0.25, 0.3) is 0 Å². The number of aryl methyl sites for hydroxylation is 1. The molecule has 122 valence electrons. The van der Waals surface area contributed by atoms with Crippen LogP contribution in [0.3, 0.4) is 0 Å². The van der Waals surface area contributed by atoms with Crippen molar-refractivity contribution in [1.82, 2.24) is 4.90 Å². The average Bonchev–Trinajstić information content (AvgIpc) is 2.96. The second-order valence-corrected chi connectivity index (χ2v) is 9.30. The van der Waals surface area contributed by atoms with Gasteiger partial charge in [-0.25, -0.2) is 0 Å². The molecule has 3 fully saturated rings. The molecule has 1 aromatic rings. The molecule has 6 atom stereocenters. The van der Waals surface area contributed by atoms with Crippen LogP contribution in [0.25, 0.3) is 0 Å². The summed E-state index contributed by atoms with van der Waals surface area (Å²) in [5.74, 6) is 0.715. The van der Waals surface area contributed by atoms with Gasteiger partial charge in [0.15, 0.2) is 5.78 Å². The Morgan fingerprint density at radius 3 is 2.74 bits per heavy atom. The van der Waals surface area contributed by atoms with Gasteiger partial charge < -0.3 is 0 Å². The third kappa shape index (κ3) is 2.05. The van der Waals surface area contributed by atoms with Crippen LogP contribution in [0.1, 0.15) is 43.4 Å². The SMILES string of the molecule is Cc1ccccc1C1C(=O)C2(SI)C[C@@H]3C(=O)CC[C@H]3N1C2C. The first-order valence-corrected chi connectivity index (χ1v) is 11.6. The van der Waals surface area contributed by atoms with E-state index >= 15 is 0 Å². The summed E-state index contributed by atoms with van der Waals surface area (Å²) in [5, 5.41) is 0. The molecule has 1 aromatic carbocycles. The third-order valence-electron chi connectivity index (χ3n) is 6.18. The van der Waals surface area contributed by atoms with Crippen LogP contribution in [0.5, 0.6) is 0 Å². The molecule has 1 saturated carbocycles. The molecule has 2 aliphatic heterocycles. The molecule has 5 heteroatoms. The first-order valence-electron chi connectivity index (χ1n) is 8.21. The lowest BCUT2D eigenvalue weighted by Gasteiger charge is -2.44. The highest BCUT2D eigenvalue weighted by Crippen LogP contribution is 2.59. The van der Waals surface area contributed by atoms with Gasteiger partial charge in [-0.1, -0.05) is 33.2 Å². The number of piperidine rings is 1. The predicted molar refractivity (Wildman–Crippen MR) is 101 cm³/mol. The van der Waals surface area contributed by atoms with Gasteiger partial charge in [-0.3, -0.25) is 14.5 Å². The number of carbonyl (C=O) groups is 2. The van der Waals surface area contributed by atoms with Gasteiger partial charge in [-0.2, -0.15) is 0 Å². The standard InChI is InChI=1S/C18H20INO2S/c1-10-5-3-4-6-12(10)16-17(22)18(23-19)9-13-14(7-8-15(13)21)20(16)11(18)2/h3-6,11,13-14,16H,7-9H2,1-2H3/t11?,13-,14+,16?,18?/m0/s1. The number of hydrogen-bond donors (Lipinski definition) is 0. The molecule has 23 heavy (non-hydrogen) atoms. The number of nitrogens with zero attached hydrogens (tertiary/aromatic N) is 1. The van der Waals surface area contributed by atoms with Gasteiger partial charge in [-0.15, -0.1) is 0 Å². The number of hydrogen-bond acceptors (Lipinski definition) is 4. The molecule has 3 aliphatic rings. The highest BCUT2D eigenvalue weighted by molar-refractivity contribution is 14.2. The van der Waals surface area contributed by atoms with Crippen molar-refractivity contribution in [3.63, 3.8) is 0 Å². The fraction of sp³-hybridized carbons (Fsp3) is 0.556. The van der Waals surface area contributed by atoms with Crippen LogP contribution in [-0.2, 0) is 9.59 Å². The molecule has 2 heterocycles. The minimum absolute atomic E-state index is 0.0476. The summed E-state index contributed by atoms with van der Waals surface area (Å²) >= 11 is 2.27. The van der Waals surface area contributed by atoms with Crippen molar-refractivity contribution in [3.05, 3.63) is 35.4 Å². The Morgan fingerprint density at radius 2 is 2.04 bits per heavy atom. The highest BCUT2D eigenvalue weighted by atomic mass is 127. The lowest BCUT2D eigenvalue weighted by Crippen LogP contribution is -2.54. The number of carbonyl (C=O) groups excluding carboxylic acids is 2. The zero-order valence-corrected chi connectivity index (χ0v) is 16.3. The summed E-state index contributed by atoms with van der Waals surface area (Å²) in [6.45, 7) is 4.26. The van der Waals surface area contributed by atoms with E-state index in [4.69, 9.17) is 0 Å². The van der Waals surface area contributed by atoms with Gasteiger partial charge >= 0.3 is 0 Å². The molecule has 2 bridgehead atoms. The molecule has 0 radical (unpaired) electrons. The molecular weight excluding hydrogens is 421 g/mol. The first-order chi connectivity index (χ1) is 11.0. The molecule has 4 unspecified atom stereocenters. The summed E-state index contributed by atoms with van der Waals surface area (Å²) in [4.78, 5) is 28.2. The minimum Gasteiger partial charge on any atom is -0.299 e. The highest BCUT2D eigenvalue weighted by Gasteiger charge is 2.66. The first kappa shape index (κ1) is 16.1. The van der Waals surface area contributed by atoms with E-state index in [0.29, 0.717) is 18.0 Å². The molecule has 0 N–H and O–H groups in total. The van der Waals surface area contributed by atoms with Crippen LogP contribution in [0.2, 0.25) is 0 Å². The smallest absolute Gasteiger partial charge is 0.172 e. The average molecular weight is 441 g/mol. The van der Waals surface area contributed by atoms with Crippen LogP contribution in [0, 0.1) is 12.8 Å². The Kier molecular flexibility index (Phi) is 3.89. The van der Waals surface area contributed by atoms with Crippen molar-refractivity contribution in [2.75, 3.05) is 0 Å². The number of benzene rings is 1. The van der Waals surface area contributed by atoms with E-state index in [0.717, 1.165) is 18.4 Å². The van der Waals surface area contributed by atoms with E-state index < -0.39 is 4.75 Å². The molecule has 0 aromatic heterocycles. The Morgan fingerprint density at radius 1 is 1.30 bits per heavy atom. The lowest BCUT2D eigenvalue weighted by molar-refractivity contribution is -0.123. The second kappa shape index (κ2) is 5.56. The normalized spacial score (nSPS) is 42.1. The number of Topliss-reactive ketones (excluding diaryl/α,β-unsaturated/α-hetero) is 2. The molecule has 3 nitrogen and oxygen atoms in total. The molecule has 2 saturated heterocycles. The fourth-order valence-corrected chi connectivity index (χ4v) is 7.92. The van der Waals surface area contributed by atoms with Crippen molar-refractivity contribution >= 4 is 41.7 Å². The van der Waals surface area contributed by atoms with Crippen molar-refractivity contribution in [3.8, 4) is 0 Å². The zero-order chi connectivity index (χ0) is 16.4. The lowest BCUT2D eigenvalue weighted by atomic mass is 9.81. The summed E-state index contributed by atoms with van der Waals surface area (Å²) in [5.41, 5.74) is 2.29. The number of fused-ring (bicyclic) bond motifs is 4. The maximum atomic E-state index is 13.5. The second-order valence-electron chi connectivity index (χ2n) is 7.10. The molecule has 0 amide bonds. The van der Waals surface area contributed by atoms with E-state index in [2.05, 4.69) is 52.1 Å². The quantitative estimate of drug-likeness (QED) is 0.653. The summed E-state index contributed by atoms with van der Waals surface area (Å²) < 4.78 is -0.436. The Labute approximate surface area is 153 Å². The van der Waals surface area contributed by atoms with Crippen molar-refractivity contribution in [2.45, 2.75) is 56.0 Å². The van der Waals surface area contributed by atoms with E-state index in [1.165, 1.54) is 5.56 Å². The largest absolute Gasteiger partial charge is 0.299 e. The summed E-state index contributed by atoms with van der Waals surface area (Å²) in [6.07, 6.45) is 2.31. The molecule has 4 rings (SSSR count). The molecule has 0 spiro atoms. The van der Waals surface area contributed by atoms with E-state index in [1.54, 1.807) is 8.93 Å². The van der Waals surface area contributed by atoms with Crippen LogP contribution in [0.4, 0.5) is 0 Å². The van der Waals surface area contributed by atoms with Gasteiger partial charge in [-0.05, 0) is 59.0 Å². The summed E-state index contributed by atoms with van der Waals surface area (Å²) in [6, 6.07) is 8.45. The summed E-state index contributed by atoms with van der Waals surface area (Å²) in [7, 11) is 1.63. The zero-order valence-electron chi connectivity index (χ0n) is 13.3. The fourth-order valence-electron chi connectivity index (χ4n) is 4.94. The Bertz CT molecular complexity index is 693. The van der Waals surface area contributed by atoms with Gasteiger partial charge in [0.05, 0.1) is 6.04 Å². The maximum Gasteiger partial charge on any atom is 0.172 e. The van der Waals surface area contributed by atoms with Crippen molar-refractivity contribution in [1.29, 1.82) is 0 Å². The molecule has 1 aliphatic carbocycles. The Hall–Kier alpha value is -0.400. The van der Waals surface area contributed by atoms with Crippen LogP contribution < -0.4 is 0 Å². The maximum absolute atomic E-state index is 13.5. The predicted octanol–water partition coefficient (Wildman–Crippen LogP) is 3.88. The van der Waals surface area contributed by atoms with Gasteiger partial charge in [0.1, 0.15) is 10.5 Å². The van der Waals surface area contributed by atoms with E-state index in [-0.39, 0.29) is 24.0 Å². The third-order valence-corrected chi connectivity index (χ3v) is 9.52. The monoisotopic (exact) mass is 441 g/mol. The number of halogens is 1. The van der Waals surface area contributed by atoms with Gasteiger partial charge in [0, 0.05) is 24.4 Å². The van der Waals surface area contributed by atoms with E-state index in [9.17, 15) is 9.59 Å².